The van der Waals surface area contributed by atoms with E-state index in [1.807, 2.05) is 36.5 Å². The lowest BCUT2D eigenvalue weighted by atomic mass is 9.84. The first-order valence-corrected chi connectivity index (χ1v) is 18.5. The van der Waals surface area contributed by atoms with Crippen molar-refractivity contribution in [2.75, 3.05) is 4.90 Å². The molecule has 0 saturated carbocycles. The molecule has 256 valence electrons. The molecule has 0 amide bonds. The monoisotopic (exact) mass is 699 g/mol. The number of nitriles is 1. The number of anilines is 3. The molecular weight excluding hydrogens is 667 g/mol. The number of hydrogen-bond donors (Lipinski definition) is 0. The van der Waals surface area contributed by atoms with Gasteiger partial charge in [0, 0.05) is 28.6 Å². The van der Waals surface area contributed by atoms with Crippen LogP contribution in [0.1, 0.15) is 5.56 Å². The Morgan fingerprint density at radius 1 is 0.400 bits per heavy atom. The van der Waals surface area contributed by atoms with Gasteiger partial charge in [-0.15, -0.1) is 0 Å². The highest BCUT2D eigenvalue weighted by atomic mass is 15.1. The van der Waals surface area contributed by atoms with E-state index in [1.165, 1.54) is 54.6 Å². The molecule has 3 nitrogen and oxygen atoms in total. The van der Waals surface area contributed by atoms with Crippen LogP contribution in [0.5, 0.6) is 0 Å². The van der Waals surface area contributed by atoms with Crippen LogP contribution in [0, 0.1) is 11.3 Å². The number of hydrogen-bond acceptors (Lipinski definition) is 3. The number of rotatable bonds is 6. The fourth-order valence-electron chi connectivity index (χ4n) is 8.14. The molecule has 0 aliphatic carbocycles. The fraction of sp³-hybridized carbons (Fsp3) is 0. The zero-order valence-electron chi connectivity index (χ0n) is 29.9. The standard InChI is InChI=1S/C52H33N3/c53-34-35-18-26-41(27-19-35)55(43-30-31-50-40(33-43)11-8-32-54-50)42-28-24-37(25-29-42)36-20-22-39(23-21-36)51-46-13-3-5-15-48(46)52(49-16-6-4-14-47(49)51)45-17-7-10-38-9-1-2-12-44(38)45/h1-33H. The van der Waals surface area contributed by atoms with Crippen molar-refractivity contribution < 1.29 is 0 Å². The van der Waals surface area contributed by atoms with Gasteiger partial charge in [0.1, 0.15) is 0 Å². The van der Waals surface area contributed by atoms with Crippen LogP contribution >= 0.6 is 0 Å². The van der Waals surface area contributed by atoms with E-state index >= 15 is 0 Å². The third kappa shape index (κ3) is 5.65. The van der Waals surface area contributed by atoms with E-state index < -0.39 is 0 Å². The quantitative estimate of drug-likeness (QED) is 0.162. The molecule has 10 aromatic rings. The molecule has 0 saturated heterocycles. The molecular formula is C52H33N3. The lowest BCUT2D eigenvalue weighted by molar-refractivity contribution is 1.28. The average molecular weight is 700 g/mol. The lowest BCUT2D eigenvalue weighted by Crippen LogP contribution is -2.10. The predicted octanol–water partition coefficient (Wildman–Crippen LogP) is 14.0. The number of pyridine rings is 1. The van der Waals surface area contributed by atoms with Crippen molar-refractivity contribution in [2.45, 2.75) is 0 Å². The summed E-state index contributed by atoms with van der Waals surface area (Å²) >= 11 is 0. The molecule has 1 heterocycles. The Morgan fingerprint density at radius 2 is 0.909 bits per heavy atom. The van der Waals surface area contributed by atoms with Gasteiger partial charge in [0.15, 0.2) is 0 Å². The maximum absolute atomic E-state index is 9.45. The van der Waals surface area contributed by atoms with Gasteiger partial charge in [-0.1, -0.05) is 133 Å². The van der Waals surface area contributed by atoms with Crippen molar-refractivity contribution in [3.63, 3.8) is 0 Å². The summed E-state index contributed by atoms with van der Waals surface area (Å²) < 4.78 is 0. The number of aromatic nitrogens is 1. The normalized spacial score (nSPS) is 11.3. The molecule has 10 rings (SSSR count). The molecule has 1 aromatic heterocycles. The molecule has 9 aromatic carbocycles. The van der Waals surface area contributed by atoms with E-state index in [-0.39, 0.29) is 0 Å². The van der Waals surface area contributed by atoms with Crippen LogP contribution in [0.25, 0.3) is 76.6 Å². The first-order valence-electron chi connectivity index (χ1n) is 18.5. The summed E-state index contributed by atoms with van der Waals surface area (Å²) in [4.78, 5) is 6.74. The smallest absolute Gasteiger partial charge is 0.0991 e. The fourth-order valence-corrected chi connectivity index (χ4v) is 8.14. The van der Waals surface area contributed by atoms with E-state index in [9.17, 15) is 5.26 Å². The van der Waals surface area contributed by atoms with Gasteiger partial charge in [-0.25, -0.2) is 0 Å². The van der Waals surface area contributed by atoms with Gasteiger partial charge in [0.25, 0.3) is 0 Å². The van der Waals surface area contributed by atoms with Crippen LogP contribution in [0.3, 0.4) is 0 Å². The first kappa shape index (κ1) is 32.1. The summed E-state index contributed by atoms with van der Waals surface area (Å²) in [6.07, 6.45) is 1.82. The van der Waals surface area contributed by atoms with Gasteiger partial charge >= 0.3 is 0 Å². The van der Waals surface area contributed by atoms with Crippen LogP contribution in [0.4, 0.5) is 17.1 Å². The zero-order valence-corrected chi connectivity index (χ0v) is 29.9. The number of nitrogens with zero attached hydrogens (tertiary/aromatic N) is 3. The Bertz CT molecular complexity index is 3020. The SMILES string of the molecule is N#Cc1ccc(N(c2ccc(-c3ccc(-c4c5ccccc5c(-c5cccc6ccccc56)c5ccccc45)cc3)cc2)c2ccc3ncccc3c2)cc1. The van der Waals surface area contributed by atoms with E-state index in [1.54, 1.807) is 0 Å². The first-order chi connectivity index (χ1) is 27.2. The van der Waals surface area contributed by atoms with Crippen molar-refractivity contribution in [1.29, 1.82) is 5.26 Å². The molecule has 0 N–H and O–H groups in total. The minimum atomic E-state index is 0.631. The van der Waals surface area contributed by atoms with Crippen LogP contribution in [0.15, 0.2) is 200 Å². The molecule has 0 atom stereocenters. The highest BCUT2D eigenvalue weighted by Gasteiger charge is 2.18. The number of fused-ring (bicyclic) bond motifs is 4. The summed E-state index contributed by atoms with van der Waals surface area (Å²) in [6.45, 7) is 0. The van der Waals surface area contributed by atoms with Gasteiger partial charge < -0.3 is 4.90 Å². The van der Waals surface area contributed by atoms with Crippen molar-refractivity contribution in [3.05, 3.63) is 206 Å². The highest BCUT2D eigenvalue weighted by molar-refractivity contribution is 6.23. The Balaban J connectivity index is 1.05. The lowest BCUT2D eigenvalue weighted by Gasteiger charge is -2.26. The van der Waals surface area contributed by atoms with Crippen molar-refractivity contribution in [2.24, 2.45) is 0 Å². The van der Waals surface area contributed by atoms with Crippen molar-refractivity contribution in [1.82, 2.24) is 4.98 Å². The van der Waals surface area contributed by atoms with E-state index in [0.717, 1.165) is 39.1 Å². The molecule has 0 aliphatic rings. The topological polar surface area (TPSA) is 39.9 Å². The number of benzene rings is 9. The van der Waals surface area contributed by atoms with Crippen molar-refractivity contribution >= 4 is 60.3 Å². The van der Waals surface area contributed by atoms with Crippen molar-refractivity contribution in [3.8, 4) is 39.4 Å². The summed E-state index contributed by atoms with van der Waals surface area (Å²) in [5, 5.41) is 18.0. The molecule has 0 bridgehead atoms. The van der Waals surface area contributed by atoms with E-state index in [0.29, 0.717) is 5.56 Å². The maximum atomic E-state index is 9.45. The van der Waals surface area contributed by atoms with Gasteiger partial charge in [-0.05, 0) is 126 Å². The third-order valence-corrected chi connectivity index (χ3v) is 10.7. The van der Waals surface area contributed by atoms with Gasteiger partial charge in [0.2, 0.25) is 0 Å². The molecule has 0 fully saturated rings. The van der Waals surface area contributed by atoms with E-state index in [2.05, 4.69) is 180 Å². The van der Waals surface area contributed by atoms with E-state index in [4.69, 9.17) is 0 Å². The molecule has 55 heavy (non-hydrogen) atoms. The molecule has 0 aliphatic heterocycles. The second-order valence-corrected chi connectivity index (χ2v) is 13.9. The Morgan fingerprint density at radius 3 is 1.56 bits per heavy atom. The minimum absolute atomic E-state index is 0.631. The molecule has 0 unspecified atom stereocenters. The summed E-state index contributed by atoms with van der Waals surface area (Å²) in [6, 6.07) is 71.1. The van der Waals surface area contributed by atoms with Gasteiger partial charge in [0.05, 0.1) is 17.1 Å². The van der Waals surface area contributed by atoms with Crippen LogP contribution in [0.2, 0.25) is 0 Å². The third-order valence-electron chi connectivity index (χ3n) is 10.7. The zero-order chi connectivity index (χ0) is 36.7. The Labute approximate surface area is 319 Å². The average Bonchev–Trinajstić information content (AvgIpc) is 3.26. The summed E-state index contributed by atoms with van der Waals surface area (Å²) in [5.41, 5.74) is 11.9. The van der Waals surface area contributed by atoms with Crippen LogP contribution in [-0.2, 0) is 0 Å². The Hall–Kier alpha value is -7.54. The summed E-state index contributed by atoms with van der Waals surface area (Å²) in [7, 11) is 0. The van der Waals surface area contributed by atoms with Crippen LogP contribution in [-0.4, -0.2) is 4.98 Å². The van der Waals surface area contributed by atoms with Gasteiger partial charge in [-0.3, -0.25) is 4.98 Å². The minimum Gasteiger partial charge on any atom is -0.310 e. The second kappa shape index (κ2) is 13.5. The second-order valence-electron chi connectivity index (χ2n) is 13.9. The highest BCUT2D eigenvalue weighted by Crippen LogP contribution is 2.45. The molecule has 3 heteroatoms. The predicted molar refractivity (Wildman–Crippen MR) is 230 cm³/mol. The van der Waals surface area contributed by atoms with Crippen LogP contribution < -0.4 is 4.90 Å². The van der Waals surface area contributed by atoms with Gasteiger partial charge in [-0.2, -0.15) is 5.26 Å². The summed E-state index contributed by atoms with van der Waals surface area (Å²) in [5.74, 6) is 0. The molecule has 0 radical (unpaired) electrons. The maximum Gasteiger partial charge on any atom is 0.0991 e. The molecule has 0 spiro atoms. The largest absolute Gasteiger partial charge is 0.310 e. The Kier molecular flexibility index (Phi) is 7.86.